The fourth-order valence-corrected chi connectivity index (χ4v) is 2.59. The van der Waals surface area contributed by atoms with Crippen LogP contribution in [0.25, 0.3) is 0 Å². The van der Waals surface area contributed by atoms with E-state index in [1.54, 1.807) is 29.1 Å². The van der Waals surface area contributed by atoms with Gasteiger partial charge in [-0.15, -0.1) is 0 Å². The second-order valence-electron chi connectivity index (χ2n) is 5.33. The lowest BCUT2D eigenvalue weighted by molar-refractivity contribution is -0.116. The largest absolute Gasteiger partial charge is 0.308 e. The topological polar surface area (TPSA) is 64.7 Å². The van der Waals surface area contributed by atoms with Gasteiger partial charge in [0.1, 0.15) is 10.8 Å². The van der Waals surface area contributed by atoms with Gasteiger partial charge in [0.05, 0.1) is 17.8 Å². The zero-order chi connectivity index (χ0) is 17.8. The molecule has 0 fully saturated rings. The molecule has 0 spiro atoms. The fourth-order valence-electron chi connectivity index (χ4n) is 2.24. The molecular weight excluding hydrogens is 368 g/mol. The minimum atomic E-state index is -0.322. The van der Waals surface area contributed by atoms with Crippen LogP contribution in [-0.2, 0) is 17.9 Å². The van der Waals surface area contributed by atoms with Gasteiger partial charge in [-0.25, -0.2) is 4.39 Å². The van der Waals surface area contributed by atoms with Gasteiger partial charge in [-0.05, 0) is 6.07 Å². The van der Waals surface area contributed by atoms with Crippen LogP contribution in [0, 0.1) is 5.82 Å². The first-order chi connectivity index (χ1) is 12.0. The Kier molecular flexibility index (Phi) is 5.35. The van der Waals surface area contributed by atoms with Gasteiger partial charge in [0.15, 0.2) is 5.82 Å². The van der Waals surface area contributed by atoms with Crippen molar-refractivity contribution in [2.75, 3.05) is 5.32 Å². The Balaban J connectivity index is 1.60. The predicted molar refractivity (Wildman–Crippen MR) is 93.2 cm³/mol. The zero-order valence-electron chi connectivity index (χ0n) is 13.0. The Morgan fingerprint density at radius 2 is 2.00 bits per heavy atom. The summed E-state index contributed by atoms with van der Waals surface area (Å²) in [5.41, 5.74) is 0.482. The lowest BCUT2D eigenvalue weighted by atomic mass is 10.2. The summed E-state index contributed by atoms with van der Waals surface area (Å²) in [5.74, 6) is -0.344. The molecule has 2 heterocycles. The number of anilines is 1. The number of nitrogens with zero attached hydrogens (tertiary/aromatic N) is 4. The van der Waals surface area contributed by atoms with Crippen LogP contribution in [0.1, 0.15) is 12.0 Å². The van der Waals surface area contributed by atoms with Crippen molar-refractivity contribution in [1.82, 2.24) is 19.6 Å². The van der Waals surface area contributed by atoms with Crippen molar-refractivity contribution in [1.29, 1.82) is 0 Å². The molecule has 0 radical (unpaired) electrons. The van der Waals surface area contributed by atoms with Crippen LogP contribution in [0.5, 0.6) is 0 Å². The minimum Gasteiger partial charge on any atom is -0.308 e. The normalized spacial score (nSPS) is 10.8. The van der Waals surface area contributed by atoms with E-state index in [1.165, 1.54) is 23.1 Å². The maximum atomic E-state index is 13.7. The van der Waals surface area contributed by atoms with Crippen LogP contribution in [0.4, 0.5) is 10.2 Å². The number of aryl methyl sites for hydroxylation is 1. The van der Waals surface area contributed by atoms with E-state index >= 15 is 0 Å². The summed E-state index contributed by atoms with van der Waals surface area (Å²) in [6, 6.07) is 6.41. The highest BCUT2D eigenvalue weighted by atomic mass is 35.5. The van der Waals surface area contributed by atoms with E-state index in [4.69, 9.17) is 23.2 Å². The smallest absolute Gasteiger partial charge is 0.227 e. The molecule has 0 bridgehead atoms. The molecule has 25 heavy (non-hydrogen) atoms. The lowest BCUT2D eigenvalue weighted by Crippen LogP contribution is -2.15. The van der Waals surface area contributed by atoms with E-state index < -0.39 is 0 Å². The summed E-state index contributed by atoms with van der Waals surface area (Å²) in [5, 5.41) is 11.6. The van der Waals surface area contributed by atoms with E-state index in [-0.39, 0.29) is 35.5 Å². The van der Waals surface area contributed by atoms with Crippen molar-refractivity contribution in [2.45, 2.75) is 19.5 Å². The summed E-state index contributed by atoms with van der Waals surface area (Å²) in [7, 11) is 0. The van der Waals surface area contributed by atoms with E-state index in [0.29, 0.717) is 17.1 Å². The maximum absolute atomic E-state index is 13.7. The van der Waals surface area contributed by atoms with E-state index in [9.17, 15) is 9.18 Å². The molecule has 0 aliphatic heterocycles. The molecule has 0 saturated heterocycles. The number of carbonyl (C=O) groups excluding carboxylic acids is 1. The molecule has 1 amide bonds. The Bertz CT molecular complexity index is 892. The Morgan fingerprint density at radius 3 is 2.72 bits per heavy atom. The molecular formula is C16H14Cl2FN5O. The molecule has 0 saturated carbocycles. The van der Waals surface area contributed by atoms with E-state index in [0.717, 1.165) is 0 Å². The SMILES string of the molecule is O=C(CCn1cc(Cl)cn1)Nc1nn(Cc2ccccc2F)cc1Cl. The number of aromatic nitrogens is 4. The van der Waals surface area contributed by atoms with Crippen molar-refractivity contribution in [3.8, 4) is 0 Å². The number of benzene rings is 1. The Labute approximate surface area is 153 Å². The lowest BCUT2D eigenvalue weighted by Gasteiger charge is -2.04. The van der Waals surface area contributed by atoms with Crippen LogP contribution in [0.15, 0.2) is 42.9 Å². The fraction of sp³-hybridized carbons (Fsp3) is 0.188. The van der Waals surface area contributed by atoms with Gasteiger partial charge in [-0.1, -0.05) is 41.4 Å². The van der Waals surface area contributed by atoms with Crippen molar-refractivity contribution < 1.29 is 9.18 Å². The molecule has 6 nitrogen and oxygen atoms in total. The van der Waals surface area contributed by atoms with Crippen LogP contribution in [0.2, 0.25) is 10.0 Å². The van der Waals surface area contributed by atoms with Crippen molar-refractivity contribution in [2.24, 2.45) is 0 Å². The second-order valence-corrected chi connectivity index (χ2v) is 6.18. The van der Waals surface area contributed by atoms with Gasteiger partial charge in [-0.2, -0.15) is 10.2 Å². The van der Waals surface area contributed by atoms with Crippen LogP contribution >= 0.6 is 23.2 Å². The van der Waals surface area contributed by atoms with Crippen molar-refractivity contribution in [3.63, 3.8) is 0 Å². The second kappa shape index (κ2) is 7.67. The number of nitrogens with one attached hydrogen (secondary N) is 1. The maximum Gasteiger partial charge on any atom is 0.227 e. The predicted octanol–water partition coefficient (Wildman–Crippen LogP) is 3.60. The zero-order valence-corrected chi connectivity index (χ0v) is 14.5. The van der Waals surface area contributed by atoms with Gasteiger partial charge in [0, 0.05) is 30.9 Å². The molecule has 9 heteroatoms. The van der Waals surface area contributed by atoms with Gasteiger partial charge in [0.25, 0.3) is 0 Å². The molecule has 1 aromatic carbocycles. The number of hydrogen-bond donors (Lipinski definition) is 1. The number of amides is 1. The average Bonchev–Trinajstić information content (AvgIpc) is 3.14. The number of rotatable bonds is 6. The van der Waals surface area contributed by atoms with Crippen LogP contribution < -0.4 is 5.32 Å². The average molecular weight is 382 g/mol. The number of halogens is 3. The van der Waals surface area contributed by atoms with Gasteiger partial charge >= 0.3 is 0 Å². The standard InChI is InChI=1S/C16H14Cl2FN5O/c17-12-7-20-23(9-12)6-5-15(25)21-16-13(18)10-24(22-16)8-11-3-1-2-4-14(11)19/h1-4,7,9-10H,5-6,8H2,(H,21,22,25). The molecule has 3 aromatic rings. The minimum absolute atomic E-state index is 0.189. The first kappa shape index (κ1) is 17.4. The molecule has 0 aliphatic rings. The molecule has 2 aromatic heterocycles. The summed E-state index contributed by atoms with van der Waals surface area (Å²) >= 11 is 11.9. The summed E-state index contributed by atoms with van der Waals surface area (Å²) < 4.78 is 16.7. The first-order valence-electron chi connectivity index (χ1n) is 7.45. The number of carbonyl (C=O) groups is 1. The highest BCUT2D eigenvalue weighted by molar-refractivity contribution is 6.33. The molecule has 130 valence electrons. The van der Waals surface area contributed by atoms with Gasteiger partial charge < -0.3 is 5.32 Å². The Morgan fingerprint density at radius 1 is 1.20 bits per heavy atom. The summed E-state index contributed by atoms with van der Waals surface area (Å²) in [6.45, 7) is 0.597. The molecule has 0 aliphatic carbocycles. The highest BCUT2D eigenvalue weighted by Gasteiger charge is 2.12. The highest BCUT2D eigenvalue weighted by Crippen LogP contribution is 2.20. The molecule has 0 unspecified atom stereocenters. The molecule has 0 atom stereocenters. The van der Waals surface area contributed by atoms with Gasteiger partial charge in [-0.3, -0.25) is 14.2 Å². The van der Waals surface area contributed by atoms with Crippen LogP contribution in [-0.4, -0.2) is 25.5 Å². The van der Waals surface area contributed by atoms with E-state index in [2.05, 4.69) is 15.5 Å². The first-order valence-corrected chi connectivity index (χ1v) is 8.21. The number of hydrogen-bond acceptors (Lipinski definition) is 3. The third kappa shape index (κ3) is 4.58. The third-order valence-electron chi connectivity index (χ3n) is 3.43. The monoisotopic (exact) mass is 381 g/mol. The van der Waals surface area contributed by atoms with Crippen LogP contribution in [0.3, 0.4) is 0 Å². The van der Waals surface area contributed by atoms with Crippen molar-refractivity contribution in [3.05, 3.63) is 64.3 Å². The van der Waals surface area contributed by atoms with Gasteiger partial charge in [0.2, 0.25) is 5.91 Å². The quantitative estimate of drug-likeness (QED) is 0.709. The third-order valence-corrected chi connectivity index (χ3v) is 3.91. The summed E-state index contributed by atoms with van der Waals surface area (Å²) in [6.07, 6.45) is 4.86. The van der Waals surface area contributed by atoms with E-state index in [1.807, 2.05) is 0 Å². The summed E-state index contributed by atoms with van der Waals surface area (Å²) in [4.78, 5) is 12.0. The Hall–Kier alpha value is -2.38. The molecule has 3 rings (SSSR count). The van der Waals surface area contributed by atoms with Crippen molar-refractivity contribution >= 4 is 34.9 Å². The molecule has 1 N–H and O–H groups in total.